The number of carbonyl (C=O) groups excluding carboxylic acids is 1. The number of thioether (sulfide) groups is 2. The molecule has 1 N–H and O–H groups in total. The summed E-state index contributed by atoms with van der Waals surface area (Å²) in [6, 6.07) is 0. The fourth-order valence-electron chi connectivity index (χ4n) is 7.14. The van der Waals surface area contributed by atoms with Gasteiger partial charge in [-0.05, 0) is 74.0 Å². The fraction of sp³-hybridized carbons (Fsp3) is 0.783. The van der Waals surface area contributed by atoms with E-state index in [-0.39, 0.29) is 27.1 Å². The molecule has 0 amide bonds. The van der Waals surface area contributed by atoms with Crippen molar-refractivity contribution in [2.24, 2.45) is 22.7 Å². The van der Waals surface area contributed by atoms with Gasteiger partial charge in [-0.15, -0.1) is 23.5 Å². The van der Waals surface area contributed by atoms with E-state index < -0.39 is 17.2 Å². The molecule has 4 rings (SSSR count). The van der Waals surface area contributed by atoms with E-state index in [2.05, 4.69) is 20.8 Å². The molecule has 0 radical (unpaired) electrons. The predicted octanol–water partition coefficient (Wildman–Crippen LogP) is 5.56. The second-order valence-electron chi connectivity index (χ2n) is 9.42. The Balaban J connectivity index is 1.78. The molecule has 4 aliphatic carbocycles. The molecular weight excluding hydrogens is 391 g/mol. The summed E-state index contributed by atoms with van der Waals surface area (Å²) in [7, 11) is 0. The molecule has 28 heavy (non-hydrogen) atoms. The first-order valence-corrected chi connectivity index (χ1v) is 12.7. The Kier molecular flexibility index (Phi) is 5.16. The largest absolute Gasteiger partial charge is 0.390 e. The topological polar surface area (TPSA) is 37.3 Å². The minimum Gasteiger partial charge on any atom is -0.390 e. The van der Waals surface area contributed by atoms with Gasteiger partial charge in [0.05, 0.1) is 10.2 Å². The fourth-order valence-corrected chi connectivity index (χ4v) is 10.8. The van der Waals surface area contributed by atoms with Gasteiger partial charge in [0.15, 0.2) is 11.5 Å². The van der Waals surface area contributed by atoms with Crippen molar-refractivity contribution in [2.75, 3.05) is 11.5 Å². The maximum atomic E-state index is 17.0. The number of allylic oxidation sites excluding steroid dienone is 4. The molecule has 0 heterocycles. The molecule has 156 valence electrons. The van der Waals surface area contributed by atoms with Gasteiger partial charge in [-0.25, -0.2) is 4.39 Å². The van der Waals surface area contributed by atoms with Crippen molar-refractivity contribution in [1.29, 1.82) is 0 Å². The van der Waals surface area contributed by atoms with Crippen LogP contribution >= 0.6 is 23.5 Å². The van der Waals surface area contributed by atoms with Crippen LogP contribution in [0.5, 0.6) is 0 Å². The summed E-state index contributed by atoms with van der Waals surface area (Å²) in [5, 5.41) is 11.4. The van der Waals surface area contributed by atoms with Crippen LogP contribution in [0.25, 0.3) is 0 Å². The number of hydrogen-bond donors (Lipinski definition) is 1. The molecular formula is C23H33FO2S2. The van der Waals surface area contributed by atoms with Crippen LogP contribution in [-0.2, 0) is 4.79 Å². The monoisotopic (exact) mass is 424 g/mol. The predicted molar refractivity (Wildman–Crippen MR) is 117 cm³/mol. The van der Waals surface area contributed by atoms with Gasteiger partial charge < -0.3 is 5.11 Å². The Morgan fingerprint density at radius 2 is 1.86 bits per heavy atom. The van der Waals surface area contributed by atoms with Crippen LogP contribution in [0.3, 0.4) is 0 Å². The maximum Gasteiger partial charge on any atom is 0.178 e. The number of hydrogen-bond acceptors (Lipinski definition) is 4. The number of aliphatic hydroxyl groups excluding tert-OH is 1. The molecule has 6 atom stereocenters. The number of rotatable bonds is 4. The lowest BCUT2D eigenvalue weighted by atomic mass is 9.46. The van der Waals surface area contributed by atoms with Crippen molar-refractivity contribution < 1.29 is 14.3 Å². The molecule has 1 unspecified atom stereocenters. The highest BCUT2D eigenvalue weighted by Gasteiger charge is 2.73. The van der Waals surface area contributed by atoms with Gasteiger partial charge in [0, 0.05) is 11.3 Å². The van der Waals surface area contributed by atoms with E-state index in [1.165, 1.54) is 6.08 Å². The number of aliphatic hydroxyl groups is 1. The average Bonchev–Trinajstić information content (AvgIpc) is 2.90. The third-order valence-electron chi connectivity index (χ3n) is 8.44. The SMILES string of the molecule is CCSC1(SCC)CC[C@H]2[C@@H]3CCC4=CC(=O)C=C[C@]4(C)C3(F)[C@@H](O)C[C@@]21C. The number of carbonyl (C=O) groups is 1. The zero-order chi connectivity index (χ0) is 20.4. The summed E-state index contributed by atoms with van der Waals surface area (Å²) in [5.74, 6) is 2.17. The average molecular weight is 425 g/mol. The lowest BCUT2D eigenvalue weighted by Gasteiger charge is -2.63. The summed E-state index contributed by atoms with van der Waals surface area (Å²) in [6.45, 7) is 8.65. The highest BCUT2D eigenvalue weighted by Crippen LogP contribution is 2.73. The summed E-state index contributed by atoms with van der Waals surface area (Å²) >= 11 is 4.03. The Bertz CT molecular complexity index is 728. The summed E-state index contributed by atoms with van der Waals surface area (Å²) < 4.78 is 17.1. The molecule has 0 aromatic carbocycles. The molecule has 0 aliphatic heterocycles. The molecule has 3 saturated carbocycles. The molecule has 0 aromatic heterocycles. The lowest BCUT2D eigenvalue weighted by Crippen LogP contribution is -2.67. The van der Waals surface area contributed by atoms with Crippen LogP contribution in [0.4, 0.5) is 4.39 Å². The van der Waals surface area contributed by atoms with Crippen LogP contribution in [-0.4, -0.2) is 38.2 Å². The van der Waals surface area contributed by atoms with Crippen LogP contribution in [0.1, 0.15) is 59.8 Å². The smallest absolute Gasteiger partial charge is 0.178 e. The van der Waals surface area contributed by atoms with Crippen molar-refractivity contribution in [3.8, 4) is 0 Å². The van der Waals surface area contributed by atoms with Crippen molar-refractivity contribution >= 4 is 29.3 Å². The van der Waals surface area contributed by atoms with E-state index in [4.69, 9.17) is 0 Å². The normalized spacial score (nSPS) is 46.6. The lowest BCUT2D eigenvalue weighted by molar-refractivity contribution is -0.189. The standard InChI is InChI=1S/C23H33FO2S2/c1-5-27-22(28-6-2)12-10-17-18-8-7-15-13-16(25)9-11-20(15,3)23(18,24)19(26)14-21(17,22)4/h9,11,13,17-19,26H,5-8,10,12,14H2,1-4H3/t17-,18-,19-,20-,21-,23?/m0/s1. The van der Waals surface area contributed by atoms with Gasteiger partial charge in [0.2, 0.25) is 0 Å². The Hall–Kier alpha value is -0.260. The molecule has 0 saturated heterocycles. The van der Waals surface area contributed by atoms with Gasteiger partial charge in [0.25, 0.3) is 0 Å². The van der Waals surface area contributed by atoms with E-state index in [0.717, 1.165) is 42.8 Å². The van der Waals surface area contributed by atoms with Crippen molar-refractivity contribution in [3.05, 3.63) is 23.8 Å². The summed E-state index contributed by atoms with van der Waals surface area (Å²) in [4.78, 5) is 11.9. The molecule has 5 heteroatoms. The van der Waals surface area contributed by atoms with E-state index >= 15 is 4.39 Å². The molecule has 0 spiro atoms. The summed E-state index contributed by atoms with van der Waals surface area (Å²) in [5.41, 5.74) is -1.76. The van der Waals surface area contributed by atoms with Crippen LogP contribution in [0.2, 0.25) is 0 Å². The first-order valence-electron chi connectivity index (χ1n) is 10.8. The van der Waals surface area contributed by atoms with Gasteiger partial charge in [0.1, 0.15) is 0 Å². The Labute approximate surface area is 177 Å². The Morgan fingerprint density at radius 1 is 1.18 bits per heavy atom. The van der Waals surface area contributed by atoms with Gasteiger partial charge in [-0.1, -0.05) is 32.4 Å². The quantitative estimate of drug-likeness (QED) is 0.600. The third kappa shape index (κ3) is 2.48. The van der Waals surface area contributed by atoms with Gasteiger partial charge in [-0.2, -0.15) is 0 Å². The highest BCUT2D eigenvalue weighted by atomic mass is 32.2. The van der Waals surface area contributed by atoms with Crippen molar-refractivity contribution in [2.45, 2.75) is 75.7 Å². The van der Waals surface area contributed by atoms with Crippen LogP contribution < -0.4 is 0 Å². The van der Waals surface area contributed by atoms with Crippen LogP contribution in [0, 0.1) is 22.7 Å². The van der Waals surface area contributed by atoms with Crippen LogP contribution in [0.15, 0.2) is 23.8 Å². The van der Waals surface area contributed by atoms with Gasteiger partial charge in [-0.3, -0.25) is 4.79 Å². The van der Waals surface area contributed by atoms with Crippen molar-refractivity contribution in [3.63, 3.8) is 0 Å². The second-order valence-corrected chi connectivity index (χ2v) is 12.8. The molecule has 4 aliphatic rings. The number of alkyl halides is 1. The molecule has 0 aromatic rings. The Morgan fingerprint density at radius 3 is 2.50 bits per heavy atom. The molecule has 3 fully saturated rings. The molecule has 0 bridgehead atoms. The first-order chi connectivity index (χ1) is 13.2. The van der Waals surface area contributed by atoms with E-state index in [9.17, 15) is 9.90 Å². The highest BCUT2D eigenvalue weighted by molar-refractivity contribution is 8.18. The number of ketones is 1. The zero-order valence-corrected chi connectivity index (χ0v) is 19.1. The number of fused-ring (bicyclic) bond motifs is 5. The maximum absolute atomic E-state index is 17.0. The van der Waals surface area contributed by atoms with Gasteiger partial charge >= 0.3 is 0 Å². The first kappa shape index (κ1) is 21.0. The third-order valence-corrected chi connectivity index (χ3v) is 12.0. The van der Waals surface area contributed by atoms with E-state index in [1.54, 1.807) is 12.2 Å². The minimum atomic E-state index is -1.69. The number of halogens is 1. The van der Waals surface area contributed by atoms with E-state index in [0.29, 0.717) is 6.42 Å². The zero-order valence-electron chi connectivity index (χ0n) is 17.5. The second kappa shape index (κ2) is 6.88. The van der Waals surface area contributed by atoms with E-state index in [1.807, 2.05) is 30.4 Å². The summed E-state index contributed by atoms with van der Waals surface area (Å²) in [6.07, 6.45) is 8.02. The molecule has 2 nitrogen and oxygen atoms in total. The van der Waals surface area contributed by atoms with Crippen molar-refractivity contribution in [1.82, 2.24) is 0 Å². The minimum absolute atomic E-state index is 0.0526.